The fourth-order valence-electron chi connectivity index (χ4n) is 2.56. The predicted octanol–water partition coefficient (Wildman–Crippen LogP) is 5.44. The van der Waals surface area contributed by atoms with Crippen LogP contribution in [-0.2, 0) is 0 Å². The van der Waals surface area contributed by atoms with Crippen molar-refractivity contribution in [3.63, 3.8) is 0 Å². The molecule has 0 aliphatic heterocycles. The highest BCUT2D eigenvalue weighted by atomic mass is 32.1. The molecule has 0 N–H and O–H groups in total. The Labute approximate surface area is 143 Å². The van der Waals surface area contributed by atoms with Crippen molar-refractivity contribution in [2.24, 2.45) is 0 Å². The van der Waals surface area contributed by atoms with Gasteiger partial charge in [-0.15, -0.1) is 22.7 Å². The lowest BCUT2D eigenvalue weighted by Crippen LogP contribution is -2.11. The summed E-state index contributed by atoms with van der Waals surface area (Å²) in [4.78, 5) is 26.4. The lowest BCUT2D eigenvalue weighted by molar-refractivity contribution is 0.0949. The van der Waals surface area contributed by atoms with Gasteiger partial charge in [0.05, 0.1) is 9.75 Å². The minimum Gasteiger partial charge on any atom is -0.293 e. The smallest absolute Gasteiger partial charge is 0.173 e. The van der Waals surface area contributed by atoms with Crippen LogP contribution in [0.4, 0.5) is 0 Å². The Morgan fingerprint density at radius 2 is 1.26 bits per heavy atom. The van der Waals surface area contributed by atoms with Gasteiger partial charge in [0.1, 0.15) is 0 Å². The second-order valence-electron chi connectivity index (χ2n) is 5.32. The van der Waals surface area contributed by atoms with Crippen molar-refractivity contribution in [3.05, 3.63) is 80.7 Å². The summed E-state index contributed by atoms with van der Waals surface area (Å²) in [6.07, 6.45) is 0.725. The number of benzene rings is 1. The third-order valence-electron chi connectivity index (χ3n) is 3.73. The monoisotopic (exact) mass is 340 g/mol. The number of hydrogen-bond acceptors (Lipinski definition) is 4. The Morgan fingerprint density at radius 1 is 0.739 bits per heavy atom. The number of ketones is 2. The Balaban J connectivity index is 1.79. The first-order valence-corrected chi connectivity index (χ1v) is 9.18. The van der Waals surface area contributed by atoms with Crippen LogP contribution >= 0.6 is 22.7 Å². The van der Waals surface area contributed by atoms with Crippen LogP contribution in [0.2, 0.25) is 0 Å². The third kappa shape index (κ3) is 4.03. The molecule has 0 saturated carbocycles. The molecule has 3 rings (SSSR count). The second-order valence-corrected chi connectivity index (χ2v) is 7.21. The molecule has 2 aromatic heterocycles. The zero-order valence-electron chi connectivity index (χ0n) is 12.5. The van der Waals surface area contributed by atoms with E-state index in [1.165, 1.54) is 22.7 Å². The second kappa shape index (κ2) is 7.49. The Bertz CT molecular complexity index is 711. The van der Waals surface area contributed by atoms with Crippen molar-refractivity contribution in [2.75, 3.05) is 0 Å². The average molecular weight is 340 g/mol. The van der Waals surface area contributed by atoms with E-state index in [0.29, 0.717) is 12.8 Å². The van der Waals surface area contributed by atoms with Gasteiger partial charge in [0.2, 0.25) is 0 Å². The maximum Gasteiger partial charge on any atom is 0.173 e. The molecule has 0 atom stereocenters. The summed E-state index contributed by atoms with van der Waals surface area (Å²) in [7, 11) is 0. The lowest BCUT2D eigenvalue weighted by atomic mass is 9.88. The summed E-state index contributed by atoms with van der Waals surface area (Å²) in [5.74, 6) is 0.126. The van der Waals surface area contributed by atoms with E-state index in [1.807, 2.05) is 65.4 Å². The van der Waals surface area contributed by atoms with E-state index in [9.17, 15) is 9.59 Å². The standard InChI is InChI=1S/C19H16O2S2/c20-16(18-8-4-10-22-18)12-15(14-6-2-1-3-7-14)13-17(21)19-9-5-11-23-19/h1-11,15H,12-13H2. The van der Waals surface area contributed by atoms with Gasteiger partial charge in [-0.2, -0.15) is 0 Å². The minimum absolute atomic E-state index is 0.0830. The van der Waals surface area contributed by atoms with Gasteiger partial charge >= 0.3 is 0 Å². The molecule has 2 nitrogen and oxygen atoms in total. The normalized spacial score (nSPS) is 10.8. The molecule has 1 aromatic carbocycles. The number of thiophene rings is 2. The largest absolute Gasteiger partial charge is 0.293 e. The van der Waals surface area contributed by atoms with Crippen molar-refractivity contribution in [2.45, 2.75) is 18.8 Å². The van der Waals surface area contributed by atoms with Crippen LogP contribution in [0.25, 0.3) is 0 Å². The van der Waals surface area contributed by atoms with Crippen LogP contribution < -0.4 is 0 Å². The van der Waals surface area contributed by atoms with Crippen LogP contribution in [0, 0.1) is 0 Å². The first-order valence-electron chi connectivity index (χ1n) is 7.42. The molecule has 0 unspecified atom stereocenters. The lowest BCUT2D eigenvalue weighted by Gasteiger charge is -2.15. The first kappa shape index (κ1) is 15.8. The summed E-state index contributed by atoms with van der Waals surface area (Å²) in [6.45, 7) is 0. The first-order chi connectivity index (χ1) is 11.2. The summed E-state index contributed by atoms with van der Waals surface area (Å²) in [6, 6.07) is 17.3. The van der Waals surface area contributed by atoms with E-state index in [1.54, 1.807) is 0 Å². The molecule has 4 heteroatoms. The summed E-state index contributed by atoms with van der Waals surface area (Å²) < 4.78 is 0. The topological polar surface area (TPSA) is 34.1 Å². The van der Waals surface area contributed by atoms with E-state index in [-0.39, 0.29) is 17.5 Å². The van der Waals surface area contributed by atoms with E-state index in [0.717, 1.165) is 15.3 Å². The fourth-order valence-corrected chi connectivity index (χ4v) is 3.91. The molecule has 0 aliphatic rings. The highest BCUT2D eigenvalue weighted by Gasteiger charge is 2.22. The predicted molar refractivity (Wildman–Crippen MR) is 95.7 cm³/mol. The summed E-state index contributed by atoms with van der Waals surface area (Å²) >= 11 is 2.90. The van der Waals surface area contributed by atoms with E-state index >= 15 is 0 Å². The van der Waals surface area contributed by atoms with Gasteiger partial charge in [-0.05, 0) is 34.4 Å². The zero-order chi connectivity index (χ0) is 16.1. The van der Waals surface area contributed by atoms with Crippen molar-refractivity contribution in [3.8, 4) is 0 Å². The van der Waals surface area contributed by atoms with Crippen molar-refractivity contribution in [1.29, 1.82) is 0 Å². The molecular weight excluding hydrogens is 324 g/mol. The van der Waals surface area contributed by atoms with Crippen LogP contribution in [0.1, 0.15) is 43.7 Å². The highest BCUT2D eigenvalue weighted by molar-refractivity contribution is 7.12. The number of rotatable bonds is 7. The van der Waals surface area contributed by atoms with E-state index < -0.39 is 0 Å². The molecule has 0 bridgehead atoms. The van der Waals surface area contributed by atoms with E-state index in [4.69, 9.17) is 0 Å². The third-order valence-corrected chi connectivity index (χ3v) is 5.55. The summed E-state index contributed by atoms with van der Waals surface area (Å²) in [5.41, 5.74) is 1.04. The molecule has 0 spiro atoms. The van der Waals surface area contributed by atoms with Gasteiger partial charge < -0.3 is 0 Å². The number of carbonyl (C=O) groups is 2. The van der Waals surface area contributed by atoms with Crippen molar-refractivity contribution >= 4 is 34.2 Å². The number of hydrogen-bond donors (Lipinski definition) is 0. The van der Waals surface area contributed by atoms with Gasteiger partial charge in [-0.3, -0.25) is 9.59 Å². The average Bonchev–Trinajstić information content (AvgIpc) is 3.28. The molecule has 0 amide bonds. The molecule has 116 valence electrons. The molecule has 0 saturated heterocycles. The van der Waals surface area contributed by atoms with Crippen molar-refractivity contribution < 1.29 is 9.59 Å². The molecular formula is C19H16O2S2. The molecule has 0 radical (unpaired) electrons. The van der Waals surface area contributed by atoms with Crippen LogP contribution in [0.15, 0.2) is 65.4 Å². The SMILES string of the molecule is O=C(CC(CC(=O)c1cccs1)c1ccccc1)c1cccs1. The maximum atomic E-state index is 12.5. The highest BCUT2D eigenvalue weighted by Crippen LogP contribution is 2.28. The molecule has 0 fully saturated rings. The zero-order valence-corrected chi connectivity index (χ0v) is 14.1. The Morgan fingerprint density at radius 3 is 1.70 bits per heavy atom. The molecule has 23 heavy (non-hydrogen) atoms. The van der Waals surface area contributed by atoms with Gasteiger partial charge in [0, 0.05) is 12.8 Å². The Hall–Kier alpha value is -2.04. The minimum atomic E-state index is -0.0830. The quantitative estimate of drug-likeness (QED) is 0.537. The molecule has 2 heterocycles. The van der Waals surface area contributed by atoms with Crippen molar-refractivity contribution in [1.82, 2.24) is 0 Å². The Kier molecular flexibility index (Phi) is 5.16. The van der Waals surface area contributed by atoms with E-state index in [2.05, 4.69) is 0 Å². The van der Waals surface area contributed by atoms with Gasteiger partial charge in [-0.25, -0.2) is 0 Å². The maximum absolute atomic E-state index is 12.5. The molecule has 0 aliphatic carbocycles. The van der Waals surface area contributed by atoms with Gasteiger partial charge in [-0.1, -0.05) is 42.5 Å². The molecule has 3 aromatic rings. The summed E-state index contributed by atoms with van der Waals surface area (Å²) in [5, 5.41) is 3.81. The van der Waals surface area contributed by atoms with Gasteiger partial charge in [0.25, 0.3) is 0 Å². The number of Topliss-reactive ketones (excluding diaryl/α,β-unsaturated/α-hetero) is 2. The van der Waals surface area contributed by atoms with Crippen LogP contribution in [0.5, 0.6) is 0 Å². The van der Waals surface area contributed by atoms with Gasteiger partial charge in [0.15, 0.2) is 11.6 Å². The van der Waals surface area contributed by atoms with Crippen LogP contribution in [-0.4, -0.2) is 11.6 Å². The fraction of sp³-hybridized carbons (Fsp3) is 0.158. The van der Waals surface area contributed by atoms with Crippen LogP contribution in [0.3, 0.4) is 0 Å². The number of carbonyl (C=O) groups excluding carboxylic acids is 2.